The summed E-state index contributed by atoms with van der Waals surface area (Å²) in [5.74, 6) is 0. The Morgan fingerprint density at radius 1 is 1.53 bits per heavy atom. The molecule has 1 atom stereocenters. The molecule has 3 heteroatoms. The highest BCUT2D eigenvalue weighted by Gasteiger charge is 2.34. The summed E-state index contributed by atoms with van der Waals surface area (Å²) in [5.41, 5.74) is 2.28. The Morgan fingerprint density at radius 2 is 2.33 bits per heavy atom. The summed E-state index contributed by atoms with van der Waals surface area (Å²) in [6.07, 6.45) is 2.65. The Kier molecular flexibility index (Phi) is 3.14. The van der Waals surface area contributed by atoms with Gasteiger partial charge in [-0.1, -0.05) is 28.1 Å². The van der Waals surface area contributed by atoms with Gasteiger partial charge in [-0.2, -0.15) is 0 Å². The van der Waals surface area contributed by atoms with Gasteiger partial charge in [0.25, 0.3) is 0 Å². The van der Waals surface area contributed by atoms with E-state index in [2.05, 4.69) is 28.1 Å². The minimum Gasteiger partial charge on any atom is -0.393 e. The van der Waals surface area contributed by atoms with Crippen LogP contribution in [-0.4, -0.2) is 24.4 Å². The highest BCUT2D eigenvalue weighted by atomic mass is 79.9. The number of aliphatic hydroxyl groups is 1. The van der Waals surface area contributed by atoms with Crippen molar-refractivity contribution in [1.82, 2.24) is 0 Å². The molecule has 0 aliphatic heterocycles. The highest BCUT2D eigenvalue weighted by Crippen LogP contribution is 2.34. The average molecular weight is 271 g/mol. The Labute approximate surface area is 98.4 Å². The van der Waals surface area contributed by atoms with E-state index in [1.165, 1.54) is 15.6 Å². The lowest BCUT2D eigenvalue weighted by atomic mass is 9.81. The van der Waals surface area contributed by atoms with Gasteiger partial charge in [0, 0.05) is 18.0 Å². The number of fused-ring (bicyclic) bond motifs is 1. The molecule has 1 aromatic rings. The Morgan fingerprint density at radius 3 is 3.00 bits per heavy atom. The first-order chi connectivity index (χ1) is 7.21. The maximum Gasteiger partial charge on any atom is 0.0951 e. The Hall–Kier alpha value is -0.380. The Bertz CT molecular complexity index is 359. The van der Waals surface area contributed by atoms with Crippen molar-refractivity contribution in [2.45, 2.75) is 24.9 Å². The van der Waals surface area contributed by atoms with E-state index in [1.54, 1.807) is 7.11 Å². The molecule has 2 nitrogen and oxygen atoms in total. The van der Waals surface area contributed by atoms with Crippen molar-refractivity contribution in [3.63, 3.8) is 0 Å². The van der Waals surface area contributed by atoms with E-state index >= 15 is 0 Å². The molecule has 1 unspecified atom stereocenters. The van der Waals surface area contributed by atoms with Crippen molar-refractivity contribution in [3.05, 3.63) is 33.8 Å². The van der Waals surface area contributed by atoms with Gasteiger partial charge in [0.15, 0.2) is 0 Å². The summed E-state index contributed by atoms with van der Waals surface area (Å²) in [6.45, 7) is 0.0927. The van der Waals surface area contributed by atoms with Gasteiger partial charge < -0.3 is 9.84 Å². The van der Waals surface area contributed by atoms with E-state index in [-0.39, 0.29) is 12.2 Å². The molecule has 1 aliphatic carbocycles. The summed E-state index contributed by atoms with van der Waals surface area (Å²) >= 11 is 3.56. The van der Waals surface area contributed by atoms with Gasteiger partial charge in [0.2, 0.25) is 0 Å². The molecule has 0 fully saturated rings. The molecule has 1 N–H and O–H groups in total. The summed E-state index contributed by atoms with van der Waals surface area (Å²) in [4.78, 5) is 0. The fraction of sp³-hybridized carbons (Fsp3) is 0.500. The SMILES string of the molecule is COC1(CO)CCc2c(Br)cccc2C1. The smallest absolute Gasteiger partial charge is 0.0951 e. The number of benzene rings is 1. The molecular weight excluding hydrogens is 256 g/mol. The monoisotopic (exact) mass is 270 g/mol. The minimum atomic E-state index is -0.367. The standard InChI is InChI=1S/C12H15BrO2/c1-15-12(8-14)6-5-10-9(7-12)3-2-4-11(10)13/h2-4,14H,5-8H2,1H3. The molecule has 0 heterocycles. The Balaban J connectivity index is 2.34. The summed E-state index contributed by atoms with van der Waals surface area (Å²) in [7, 11) is 1.68. The van der Waals surface area contributed by atoms with Crippen LogP contribution in [0.3, 0.4) is 0 Å². The molecule has 0 aromatic heterocycles. The number of hydrogen-bond donors (Lipinski definition) is 1. The largest absolute Gasteiger partial charge is 0.393 e. The van der Waals surface area contributed by atoms with Gasteiger partial charge in [0.1, 0.15) is 0 Å². The number of hydrogen-bond acceptors (Lipinski definition) is 2. The number of halogens is 1. The number of aliphatic hydroxyl groups excluding tert-OH is 1. The number of methoxy groups -OCH3 is 1. The maximum atomic E-state index is 9.40. The normalized spacial score (nSPS) is 25.0. The van der Waals surface area contributed by atoms with Crippen molar-refractivity contribution in [3.8, 4) is 0 Å². The van der Waals surface area contributed by atoms with Crippen LogP contribution in [0.25, 0.3) is 0 Å². The lowest BCUT2D eigenvalue weighted by Crippen LogP contribution is -2.41. The van der Waals surface area contributed by atoms with Crippen molar-refractivity contribution in [1.29, 1.82) is 0 Å². The van der Waals surface area contributed by atoms with E-state index in [0.29, 0.717) is 0 Å². The number of rotatable bonds is 2. The molecule has 0 bridgehead atoms. The van der Waals surface area contributed by atoms with Crippen molar-refractivity contribution in [2.75, 3.05) is 13.7 Å². The fourth-order valence-electron chi connectivity index (χ4n) is 2.21. The lowest BCUT2D eigenvalue weighted by molar-refractivity contribution is -0.0607. The van der Waals surface area contributed by atoms with E-state index < -0.39 is 0 Å². The molecule has 0 saturated carbocycles. The lowest BCUT2D eigenvalue weighted by Gasteiger charge is -2.35. The zero-order chi connectivity index (χ0) is 10.9. The van der Waals surface area contributed by atoms with Crippen LogP contribution in [0.2, 0.25) is 0 Å². The average Bonchev–Trinajstić information content (AvgIpc) is 2.29. The molecular formula is C12H15BrO2. The molecule has 82 valence electrons. The van der Waals surface area contributed by atoms with E-state index in [9.17, 15) is 5.11 Å². The predicted molar refractivity (Wildman–Crippen MR) is 63.0 cm³/mol. The predicted octanol–water partition coefficient (Wildman–Crippen LogP) is 2.32. The third-order valence-electron chi connectivity index (χ3n) is 3.28. The number of ether oxygens (including phenoxy) is 1. The quantitative estimate of drug-likeness (QED) is 0.894. The van der Waals surface area contributed by atoms with Gasteiger partial charge in [-0.25, -0.2) is 0 Å². The van der Waals surface area contributed by atoms with Crippen LogP contribution in [0, 0.1) is 0 Å². The molecule has 2 rings (SSSR count). The minimum absolute atomic E-state index is 0.0927. The topological polar surface area (TPSA) is 29.5 Å². The van der Waals surface area contributed by atoms with Crippen LogP contribution in [-0.2, 0) is 17.6 Å². The van der Waals surface area contributed by atoms with Crippen molar-refractivity contribution in [2.24, 2.45) is 0 Å². The second-order valence-electron chi connectivity index (χ2n) is 4.10. The zero-order valence-corrected chi connectivity index (χ0v) is 10.4. The first-order valence-corrected chi connectivity index (χ1v) is 5.92. The molecule has 1 aliphatic rings. The molecule has 0 saturated heterocycles. The second kappa shape index (κ2) is 4.24. The second-order valence-corrected chi connectivity index (χ2v) is 4.95. The van der Waals surface area contributed by atoms with Crippen molar-refractivity contribution < 1.29 is 9.84 Å². The molecule has 15 heavy (non-hydrogen) atoms. The van der Waals surface area contributed by atoms with Gasteiger partial charge in [-0.05, 0) is 30.0 Å². The van der Waals surface area contributed by atoms with Gasteiger partial charge >= 0.3 is 0 Å². The van der Waals surface area contributed by atoms with Gasteiger partial charge in [-0.3, -0.25) is 0 Å². The fourth-order valence-corrected chi connectivity index (χ4v) is 2.82. The van der Waals surface area contributed by atoms with E-state index in [1.807, 2.05) is 6.07 Å². The third kappa shape index (κ3) is 1.96. The van der Waals surface area contributed by atoms with Crippen molar-refractivity contribution >= 4 is 15.9 Å². The van der Waals surface area contributed by atoms with E-state index in [0.717, 1.165) is 19.3 Å². The summed E-state index contributed by atoms with van der Waals surface area (Å²) < 4.78 is 6.63. The molecule has 0 amide bonds. The van der Waals surface area contributed by atoms with Crippen LogP contribution in [0.15, 0.2) is 22.7 Å². The summed E-state index contributed by atoms with van der Waals surface area (Å²) in [5, 5.41) is 9.40. The molecule has 1 aromatic carbocycles. The van der Waals surface area contributed by atoms with Gasteiger partial charge in [0.05, 0.1) is 12.2 Å². The molecule has 0 spiro atoms. The van der Waals surface area contributed by atoms with E-state index in [4.69, 9.17) is 4.74 Å². The van der Waals surface area contributed by atoms with Crippen LogP contribution in [0.1, 0.15) is 17.5 Å². The first kappa shape index (κ1) is 11.1. The summed E-state index contributed by atoms with van der Waals surface area (Å²) in [6, 6.07) is 6.21. The zero-order valence-electron chi connectivity index (χ0n) is 8.79. The molecule has 0 radical (unpaired) electrons. The first-order valence-electron chi connectivity index (χ1n) is 5.13. The highest BCUT2D eigenvalue weighted by molar-refractivity contribution is 9.10. The van der Waals surface area contributed by atoms with Crippen LogP contribution >= 0.6 is 15.9 Å². The maximum absolute atomic E-state index is 9.40. The van der Waals surface area contributed by atoms with Gasteiger partial charge in [-0.15, -0.1) is 0 Å². The van der Waals surface area contributed by atoms with Crippen LogP contribution < -0.4 is 0 Å². The van der Waals surface area contributed by atoms with Crippen LogP contribution in [0.5, 0.6) is 0 Å². The van der Waals surface area contributed by atoms with Crippen LogP contribution in [0.4, 0.5) is 0 Å². The third-order valence-corrected chi connectivity index (χ3v) is 4.02.